The number of thiazole rings is 1. The number of carbonyl (C=O) groups is 2. The largest absolute Gasteiger partial charge is 0.321 e. The van der Waals surface area contributed by atoms with Crippen molar-refractivity contribution in [3.8, 4) is 0 Å². The fourth-order valence-corrected chi connectivity index (χ4v) is 3.70. The van der Waals surface area contributed by atoms with E-state index in [0.29, 0.717) is 26.6 Å². The van der Waals surface area contributed by atoms with Crippen LogP contribution in [-0.4, -0.2) is 16.8 Å². The Bertz CT molecular complexity index is 1030. The minimum atomic E-state index is -0.356. The molecule has 0 bridgehead atoms. The Balaban J connectivity index is 1.72. The SMILES string of the molecule is CC(=O)N(c1ccccc1)c1nc(/C=C/C(=O)Nc2ccc(Cl)cc2Cl)cs1. The van der Waals surface area contributed by atoms with E-state index in [9.17, 15) is 9.59 Å². The summed E-state index contributed by atoms with van der Waals surface area (Å²) in [6.07, 6.45) is 2.92. The first-order valence-electron chi connectivity index (χ1n) is 8.19. The van der Waals surface area contributed by atoms with E-state index in [1.165, 1.54) is 29.2 Å². The number of amides is 2. The lowest BCUT2D eigenvalue weighted by Crippen LogP contribution is -2.22. The van der Waals surface area contributed by atoms with Crippen LogP contribution in [0.2, 0.25) is 10.0 Å². The van der Waals surface area contributed by atoms with Gasteiger partial charge in [0.2, 0.25) is 11.8 Å². The number of benzene rings is 2. The number of halogens is 2. The predicted molar refractivity (Wildman–Crippen MR) is 116 cm³/mol. The van der Waals surface area contributed by atoms with Gasteiger partial charge in [0.05, 0.1) is 22.1 Å². The van der Waals surface area contributed by atoms with Gasteiger partial charge in [-0.1, -0.05) is 41.4 Å². The van der Waals surface area contributed by atoms with Gasteiger partial charge in [0, 0.05) is 23.4 Å². The van der Waals surface area contributed by atoms with E-state index in [1.54, 1.807) is 29.7 Å². The first kappa shape index (κ1) is 20.1. The Morgan fingerprint density at radius 3 is 2.57 bits per heavy atom. The van der Waals surface area contributed by atoms with Gasteiger partial charge in [0.15, 0.2) is 5.13 Å². The molecular weight excluding hydrogens is 417 g/mol. The molecular formula is C20H15Cl2N3O2S. The lowest BCUT2D eigenvalue weighted by molar-refractivity contribution is -0.116. The van der Waals surface area contributed by atoms with Crippen LogP contribution in [0.15, 0.2) is 60.0 Å². The zero-order valence-corrected chi connectivity index (χ0v) is 17.1. The fraction of sp³-hybridized carbons (Fsp3) is 0.0500. The molecule has 2 aromatic carbocycles. The second kappa shape index (κ2) is 9.01. The Hall–Kier alpha value is -2.67. The summed E-state index contributed by atoms with van der Waals surface area (Å²) < 4.78 is 0. The van der Waals surface area contributed by atoms with Crippen LogP contribution in [0.25, 0.3) is 6.08 Å². The third-order valence-electron chi connectivity index (χ3n) is 3.62. The van der Waals surface area contributed by atoms with Gasteiger partial charge in [0.25, 0.3) is 0 Å². The first-order chi connectivity index (χ1) is 13.4. The molecule has 3 rings (SSSR count). The summed E-state index contributed by atoms with van der Waals surface area (Å²) in [6, 6.07) is 14.1. The fourth-order valence-electron chi connectivity index (χ4n) is 2.39. The summed E-state index contributed by atoms with van der Waals surface area (Å²) >= 11 is 13.2. The van der Waals surface area contributed by atoms with Gasteiger partial charge in [-0.25, -0.2) is 4.98 Å². The van der Waals surface area contributed by atoms with Crippen molar-refractivity contribution >= 4 is 68.9 Å². The Kier molecular flexibility index (Phi) is 6.46. The molecule has 0 fully saturated rings. The van der Waals surface area contributed by atoms with Gasteiger partial charge in [-0.3, -0.25) is 14.5 Å². The average molecular weight is 432 g/mol. The molecule has 0 atom stereocenters. The molecule has 2 amide bonds. The second-order valence-electron chi connectivity index (χ2n) is 5.69. The molecule has 28 heavy (non-hydrogen) atoms. The minimum Gasteiger partial charge on any atom is -0.321 e. The zero-order chi connectivity index (χ0) is 20.1. The van der Waals surface area contributed by atoms with Gasteiger partial charge in [-0.15, -0.1) is 11.3 Å². The number of aromatic nitrogens is 1. The van der Waals surface area contributed by atoms with E-state index in [4.69, 9.17) is 23.2 Å². The number of hydrogen-bond donors (Lipinski definition) is 1. The van der Waals surface area contributed by atoms with Crippen molar-refractivity contribution in [1.29, 1.82) is 0 Å². The summed E-state index contributed by atoms with van der Waals surface area (Å²) in [5.41, 5.74) is 1.76. The number of nitrogens with zero attached hydrogens (tertiary/aromatic N) is 2. The van der Waals surface area contributed by atoms with Crippen LogP contribution in [-0.2, 0) is 9.59 Å². The van der Waals surface area contributed by atoms with Crippen molar-refractivity contribution < 1.29 is 9.59 Å². The van der Waals surface area contributed by atoms with Crippen molar-refractivity contribution in [2.45, 2.75) is 6.92 Å². The molecule has 1 N–H and O–H groups in total. The molecule has 0 aliphatic rings. The van der Waals surface area contributed by atoms with E-state index >= 15 is 0 Å². The number of nitrogens with one attached hydrogen (secondary N) is 1. The maximum Gasteiger partial charge on any atom is 0.248 e. The van der Waals surface area contributed by atoms with Crippen molar-refractivity contribution in [3.05, 3.63) is 75.7 Å². The molecule has 0 aliphatic heterocycles. The molecule has 0 saturated heterocycles. The molecule has 1 heterocycles. The van der Waals surface area contributed by atoms with Crippen molar-refractivity contribution in [1.82, 2.24) is 4.98 Å². The van der Waals surface area contributed by atoms with Crippen molar-refractivity contribution in [2.75, 3.05) is 10.2 Å². The van der Waals surface area contributed by atoms with Crippen LogP contribution >= 0.6 is 34.5 Å². The summed E-state index contributed by atoms with van der Waals surface area (Å²) in [7, 11) is 0. The van der Waals surface area contributed by atoms with Gasteiger partial charge >= 0.3 is 0 Å². The van der Waals surface area contributed by atoms with Crippen LogP contribution in [0.5, 0.6) is 0 Å². The molecule has 0 aliphatic carbocycles. The van der Waals surface area contributed by atoms with Crippen LogP contribution in [0.4, 0.5) is 16.5 Å². The van der Waals surface area contributed by atoms with Crippen molar-refractivity contribution in [3.63, 3.8) is 0 Å². The highest BCUT2D eigenvalue weighted by Crippen LogP contribution is 2.29. The smallest absolute Gasteiger partial charge is 0.248 e. The summed E-state index contributed by atoms with van der Waals surface area (Å²) in [5, 5.41) is 5.81. The topological polar surface area (TPSA) is 62.3 Å². The third kappa shape index (κ3) is 4.98. The summed E-state index contributed by atoms with van der Waals surface area (Å²) in [4.78, 5) is 30.1. The van der Waals surface area contributed by atoms with Gasteiger partial charge in [0.1, 0.15) is 0 Å². The number of carbonyl (C=O) groups excluding carboxylic acids is 2. The molecule has 142 valence electrons. The van der Waals surface area contributed by atoms with E-state index in [0.717, 1.165) is 5.69 Å². The normalized spacial score (nSPS) is 10.8. The molecule has 0 radical (unpaired) electrons. The Morgan fingerprint density at radius 1 is 1.14 bits per heavy atom. The Morgan fingerprint density at radius 2 is 1.89 bits per heavy atom. The molecule has 1 aromatic heterocycles. The standard InChI is InChI=1S/C20H15Cl2N3O2S/c1-13(26)25(16-5-3-2-4-6-16)20-23-15(12-28-20)8-10-19(27)24-18-9-7-14(21)11-17(18)22/h2-12H,1H3,(H,24,27)/b10-8+. The molecule has 3 aromatic rings. The first-order valence-corrected chi connectivity index (χ1v) is 9.83. The van der Waals surface area contributed by atoms with Gasteiger partial charge in [-0.05, 0) is 36.4 Å². The number of hydrogen-bond acceptors (Lipinski definition) is 4. The number of rotatable bonds is 5. The molecule has 0 saturated carbocycles. The second-order valence-corrected chi connectivity index (χ2v) is 7.37. The average Bonchev–Trinajstić information content (AvgIpc) is 3.11. The summed E-state index contributed by atoms with van der Waals surface area (Å²) in [6.45, 7) is 1.48. The van der Waals surface area contributed by atoms with Crippen LogP contribution < -0.4 is 10.2 Å². The lowest BCUT2D eigenvalue weighted by Gasteiger charge is -2.17. The van der Waals surface area contributed by atoms with E-state index < -0.39 is 0 Å². The molecule has 0 unspecified atom stereocenters. The summed E-state index contributed by atoms with van der Waals surface area (Å²) in [5.74, 6) is -0.503. The van der Waals surface area contributed by atoms with Crippen LogP contribution in [0.1, 0.15) is 12.6 Å². The predicted octanol–water partition coefficient (Wildman–Crippen LogP) is 5.79. The van der Waals surface area contributed by atoms with Crippen molar-refractivity contribution in [2.24, 2.45) is 0 Å². The Labute approximate surface area is 176 Å². The van der Waals surface area contributed by atoms with E-state index in [2.05, 4.69) is 10.3 Å². The highest BCUT2D eigenvalue weighted by atomic mass is 35.5. The van der Waals surface area contributed by atoms with E-state index in [1.807, 2.05) is 30.3 Å². The lowest BCUT2D eigenvalue weighted by atomic mass is 10.3. The number of para-hydroxylation sites is 1. The molecule has 8 heteroatoms. The van der Waals surface area contributed by atoms with Crippen LogP contribution in [0, 0.1) is 0 Å². The van der Waals surface area contributed by atoms with Crippen LogP contribution in [0.3, 0.4) is 0 Å². The highest BCUT2D eigenvalue weighted by Gasteiger charge is 2.17. The minimum absolute atomic E-state index is 0.147. The monoisotopic (exact) mass is 431 g/mol. The van der Waals surface area contributed by atoms with E-state index in [-0.39, 0.29) is 11.8 Å². The zero-order valence-electron chi connectivity index (χ0n) is 14.7. The highest BCUT2D eigenvalue weighted by molar-refractivity contribution is 7.14. The quantitative estimate of drug-likeness (QED) is 0.520. The maximum atomic E-state index is 12.1. The maximum absolute atomic E-state index is 12.1. The third-order valence-corrected chi connectivity index (χ3v) is 5.02. The van der Waals surface area contributed by atoms with Gasteiger partial charge in [-0.2, -0.15) is 0 Å². The number of anilines is 3. The molecule has 5 nitrogen and oxygen atoms in total. The van der Waals surface area contributed by atoms with Gasteiger partial charge < -0.3 is 5.32 Å². The molecule has 0 spiro atoms.